The molecule has 2 unspecified atom stereocenters. The van der Waals surface area contributed by atoms with Crippen molar-refractivity contribution in [3.8, 4) is 0 Å². The summed E-state index contributed by atoms with van der Waals surface area (Å²) in [7, 11) is 0. The summed E-state index contributed by atoms with van der Waals surface area (Å²) in [4.78, 5) is 0. The monoisotopic (exact) mass is 345 g/mol. The Labute approximate surface area is 149 Å². The fourth-order valence-electron chi connectivity index (χ4n) is 2.31. The first-order chi connectivity index (χ1) is 12.2. The van der Waals surface area contributed by atoms with Crippen molar-refractivity contribution in [2.24, 2.45) is 0 Å². The molecule has 0 aliphatic carbocycles. The van der Waals surface area contributed by atoms with E-state index < -0.39 is 12.2 Å². The molecule has 5 nitrogen and oxygen atoms in total. The number of aliphatic hydroxyl groups is 2. The Morgan fingerprint density at radius 3 is 1.48 bits per heavy atom. The van der Waals surface area contributed by atoms with Crippen molar-refractivity contribution < 1.29 is 19.7 Å². The van der Waals surface area contributed by atoms with Gasteiger partial charge < -0.3 is 25.0 Å². The van der Waals surface area contributed by atoms with Crippen LogP contribution >= 0.6 is 0 Å². The molecular weight excluding hydrogens is 318 g/mol. The van der Waals surface area contributed by atoms with Crippen molar-refractivity contribution in [1.29, 1.82) is 0 Å². The molecular formula is C20H27NO4. The van der Waals surface area contributed by atoms with Crippen molar-refractivity contribution >= 4 is 0 Å². The number of nitrogens with one attached hydrogen (secondary N) is 1. The third-order valence-electron chi connectivity index (χ3n) is 3.60. The van der Waals surface area contributed by atoms with Gasteiger partial charge in [-0.15, -0.1) is 0 Å². The molecule has 136 valence electrons. The molecule has 0 saturated carbocycles. The zero-order chi connectivity index (χ0) is 17.7. The molecule has 5 heteroatoms. The highest BCUT2D eigenvalue weighted by atomic mass is 16.5. The number of hydrogen-bond donors (Lipinski definition) is 3. The van der Waals surface area contributed by atoms with E-state index in [0.29, 0.717) is 26.3 Å². The van der Waals surface area contributed by atoms with E-state index in [-0.39, 0.29) is 13.2 Å². The van der Waals surface area contributed by atoms with Crippen LogP contribution in [-0.2, 0) is 22.7 Å². The zero-order valence-corrected chi connectivity index (χ0v) is 14.4. The van der Waals surface area contributed by atoms with E-state index in [0.717, 1.165) is 11.1 Å². The predicted molar refractivity (Wildman–Crippen MR) is 97.1 cm³/mol. The summed E-state index contributed by atoms with van der Waals surface area (Å²) in [5, 5.41) is 22.8. The van der Waals surface area contributed by atoms with Crippen molar-refractivity contribution in [2.75, 3.05) is 26.3 Å². The van der Waals surface area contributed by atoms with E-state index in [9.17, 15) is 10.2 Å². The fraction of sp³-hybridized carbons (Fsp3) is 0.400. The molecule has 0 aromatic heterocycles. The Balaban J connectivity index is 1.48. The molecule has 2 atom stereocenters. The highest BCUT2D eigenvalue weighted by molar-refractivity contribution is 5.14. The van der Waals surface area contributed by atoms with Crippen molar-refractivity contribution in [3.63, 3.8) is 0 Å². The summed E-state index contributed by atoms with van der Waals surface area (Å²) < 4.78 is 11.0. The summed E-state index contributed by atoms with van der Waals surface area (Å²) in [6.07, 6.45) is -1.22. The van der Waals surface area contributed by atoms with Crippen molar-refractivity contribution in [1.82, 2.24) is 5.32 Å². The summed E-state index contributed by atoms with van der Waals surface area (Å²) in [6.45, 7) is 2.20. The van der Waals surface area contributed by atoms with Gasteiger partial charge in [-0.25, -0.2) is 0 Å². The van der Waals surface area contributed by atoms with Crippen LogP contribution in [0.25, 0.3) is 0 Å². The van der Waals surface area contributed by atoms with Gasteiger partial charge in [0.1, 0.15) is 0 Å². The third kappa shape index (κ3) is 8.77. The largest absolute Gasteiger partial charge is 0.389 e. The van der Waals surface area contributed by atoms with E-state index in [1.807, 2.05) is 60.7 Å². The third-order valence-corrected chi connectivity index (χ3v) is 3.60. The second-order valence-electron chi connectivity index (χ2n) is 5.97. The highest BCUT2D eigenvalue weighted by Gasteiger charge is 2.08. The first kappa shape index (κ1) is 19.6. The molecule has 2 aromatic carbocycles. The molecule has 0 bridgehead atoms. The smallest absolute Gasteiger partial charge is 0.0897 e. The summed E-state index contributed by atoms with van der Waals surface area (Å²) in [5.41, 5.74) is 2.15. The lowest BCUT2D eigenvalue weighted by Gasteiger charge is -2.15. The first-order valence-corrected chi connectivity index (χ1v) is 8.54. The van der Waals surface area contributed by atoms with Gasteiger partial charge in [-0.05, 0) is 11.1 Å². The van der Waals surface area contributed by atoms with Crippen LogP contribution in [0.3, 0.4) is 0 Å². The molecule has 0 saturated heterocycles. The number of rotatable bonds is 12. The van der Waals surface area contributed by atoms with Crippen LogP contribution in [0.1, 0.15) is 11.1 Å². The molecule has 0 fully saturated rings. The van der Waals surface area contributed by atoms with Gasteiger partial charge in [-0.3, -0.25) is 0 Å². The minimum Gasteiger partial charge on any atom is -0.389 e. The topological polar surface area (TPSA) is 71.0 Å². The van der Waals surface area contributed by atoms with Crippen LogP contribution in [0.4, 0.5) is 0 Å². The minimum absolute atomic E-state index is 0.252. The van der Waals surface area contributed by atoms with Gasteiger partial charge in [0, 0.05) is 13.1 Å². The summed E-state index contributed by atoms with van der Waals surface area (Å²) in [6, 6.07) is 19.7. The highest BCUT2D eigenvalue weighted by Crippen LogP contribution is 2.02. The van der Waals surface area contributed by atoms with Crippen LogP contribution in [-0.4, -0.2) is 48.7 Å². The number of benzene rings is 2. The van der Waals surface area contributed by atoms with E-state index in [1.165, 1.54) is 0 Å². The van der Waals surface area contributed by atoms with Crippen LogP contribution < -0.4 is 5.32 Å². The van der Waals surface area contributed by atoms with Crippen LogP contribution in [0.15, 0.2) is 60.7 Å². The van der Waals surface area contributed by atoms with Crippen LogP contribution in [0.5, 0.6) is 0 Å². The molecule has 0 radical (unpaired) electrons. The molecule has 0 amide bonds. The Hall–Kier alpha value is -1.76. The van der Waals surface area contributed by atoms with Gasteiger partial charge in [0.15, 0.2) is 0 Å². The number of aliphatic hydroxyl groups excluding tert-OH is 2. The predicted octanol–water partition coefficient (Wildman–Crippen LogP) is 1.73. The lowest BCUT2D eigenvalue weighted by molar-refractivity contribution is 0.0164. The maximum absolute atomic E-state index is 9.86. The van der Waals surface area contributed by atoms with E-state index in [1.54, 1.807) is 0 Å². The molecule has 25 heavy (non-hydrogen) atoms. The Bertz CT molecular complexity index is 513. The van der Waals surface area contributed by atoms with E-state index >= 15 is 0 Å². The normalized spacial score (nSPS) is 13.5. The lowest BCUT2D eigenvalue weighted by atomic mass is 10.2. The van der Waals surface area contributed by atoms with Crippen molar-refractivity contribution in [3.05, 3.63) is 71.8 Å². The molecule has 2 rings (SSSR count). The maximum Gasteiger partial charge on any atom is 0.0897 e. The van der Waals surface area contributed by atoms with E-state index in [2.05, 4.69) is 5.32 Å². The SMILES string of the molecule is OC(CNCC(O)COCc1ccccc1)COCc1ccccc1. The first-order valence-electron chi connectivity index (χ1n) is 8.54. The van der Waals surface area contributed by atoms with Gasteiger partial charge in [-0.2, -0.15) is 0 Å². The molecule has 0 heterocycles. The summed E-state index contributed by atoms with van der Waals surface area (Å²) >= 11 is 0. The molecule has 0 spiro atoms. The van der Waals surface area contributed by atoms with Gasteiger partial charge in [0.2, 0.25) is 0 Å². The van der Waals surface area contributed by atoms with Gasteiger partial charge >= 0.3 is 0 Å². The molecule has 2 aromatic rings. The second kappa shape index (κ2) is 11.7. The van der Waals surface area contributed by atoms with Gasteiger partial charge in [0.25, 0.3) is 0 Å². The maximum atomic E-state index is 9.86. The zero-order valence-electron chi connectivity index (χ0n) is 14.4. The van der Waals surface area contributed by atoms with Crippen LogP contribution in [0, 0.1) is 0 Å². The Morgan fingerprint density at radius 2 is 1.08 bits per heavy atom. The van der Waals surface area contributed by atoms with Gasteiger partial charge in [-0.1, -0.05) is 60.7 Å². The lowest BCUT2D eigenvalue weighted by Crippen LogP contribution is -2.36. The summed E-state index contributed by atoms with van der Waals surface area (Å²) in [5.74, 6) is 0. The number of hydrogen-bond acceptors (Lipinski definition) is 5. The van der Waals surface area contributed by atoms with Gasteiger partial charge in [0.05, 0.1) is 38.6 Å². The average molecular weight is 345 g/mol. The molecule has 3 N–H and O–H groups in total. The van der Waals surface area contributed by atoms with Crippen molar-refractivity contribution in [2.45, 2.75) is 25.4 Å². The standard InChI is InChI=1S/C20H27NO4/c22-19(15-24-13-17-7-3-1-4-8-17)11-21-12-20(23)16-25-14-18-9-5-2-6-10-18/h1-10,19-23H,11-16H2. The Morgan fingerprint density at radius 1 is 0.680 bits per heavy atom. The number of ether oxygens (including phenoxy) is 2. The molecule has 0 aliphatic rings. The van der Waals surface area contributed by atoms with E-state index in [4.69, 9.17) is 9.47 Å². The Kier molecular flexibility index (Phi) is 9.18. The fourth-order valence-corrected chi connectivity index (χ4v) is 2.31. The quantitative estimate of drug-likeness (QED) is 0.546. The second-order valence-corrected chi connectivity index (χ2v) is 5.97. The average Bonchev–Trinajstić information content (AvgIpc) is 2.63. The minimum atomic E-state index is -0.610. The molecule has 0 aliphatic heterocycles. The van der Waals surface area contributed by atoms with Crippen LogP contribution in [0.2, 0.25) is 0 Å².